The number of aliphatic hydroxyl groups excluding tert-OH is 1. The number of nitrogens with one attached hydrogen (secondary N) is 2. The number of carbonyl (C=O) groups is 1. The number of aliphatic hydroxyl groups is 1. The maximum atomic E-state index is 11.9. The minimum atomic E-state index is -0.789. The van der Waals surface area contributed by atoms with Crippen molar-refractivity contribution in [1.29, 1.82) is 0 Å². The second-order valence-corrected chi connectivity index (χ2v) is 6.97. The molecule has 0 radical (unpaired) electrons. The van der Waals surface area contributed by atoms with Crippen molar-refractivity contribution in [3.05, 3.63) is 60.2 Å². The highest BCUT2D eigenvalue weighted by molar-refractivity contribution is 5.86. The van der Waals surface area contributed by atoms with Crippen LogP contribution in [0.1, 0.15) is 32.4 Å². The number of allylic oxidation sites excluding steroid dienone is 1. The highest BCUT2D eigenvalue weighted by Gasteiger charge is 2.24. The number of amides is 1. The van der Waals surface area contributed by atoms with E-state index in [0.717, 1.165) is 0 Å². The van der Waals surface area contributed by atoms with Gasteiger partial charge in [0.25, 0.3) is 0 Å². The molecule has 27 heavy (non-hydrogen) atoms. The van der Waals surface area contributed by atoms with Crippen molar-refractivity contribution >= 4 is 16.7 Å². The van der Waals surface area contributed by atoms with E-state index in [0.29, 0.717) is 6.54 Å². The fourth-order valence-corrected chi connectivity index (χ4v) is 2.77. The second-order valence-electron chi connectivity index (χ2n) is 6.97. The summed E-state index contributed by atoms with van der Waals surface area (Å²) in [6, 6.07) is 15.0. The van der Waals surface area contributed by atoms with E-state index >= 15 is 0 Å². The lowest BCUT2D eigenvalue weighted by molar-refractivity contribution is -0.126. The Morgan fingerprint density at radius 2 is 1.96 bits per heavy atom. The van der Waals surface area contributed by atoms with Crippen LogP contribution in [0.3, 0.4) is 0 Å². The molecule has 142 valence electrons. The first-order chi connectivity index (χ1) is 13.0. The van der Waals surface area contributed by atoms with Gasteiger partial charge in [-0.25, -0.2) is 0 Å². The summed E-state index contributed by atoms with van der Waals surface area (Å²) < 4.78 is 0. The predicted molar refractivity (Wildman–Crippen MR) is 111 cm³/mol. The van der Waals surface area contributed by atoms with Crippen LogP contribution in [0.5, 0.6) is 0 Å². The zero-order chi connectivity index (χ0) is 19.7. The maximum Gasteiger partial charge on any atom is 0.237 e. The Morgan fingerprint density at radius 3 is 2.74 bits per heavy atom. The molecule has 2 aromatic carbocycles. The lowest BCUT2D eigenvalue weighted by Gasteiger charge is -2.16. The van der Waals surface area contributed by atoms with Crippen molar-refractivity contribution in [2.24, 2.45) is 5.41 Å². The van der Waals surface area contributed by atoms with Gasteiger partial charge in [-0.15, -0.1) is 0 Å². The van der Waals surface area contributed by atoms with Crippen molar-refractivity contribution in [3.63, 3.8) is 0 Å². The molecule has 3 N–H and O–H groups in total. The first-order valence-electron chi connectivity index (χ1n) is 9.23. The van der Waals surface area contributed by atoms with Gasteiger partial charge >= 0.3 is 0 Å². The number of fused-ring (bicyclic) bond motifs is 1. The lowest BCUT2D eigenvalue weighted by atomic mass is 9.93. The van der Waals surface area contributed by atoms with Crippen LogP contribution in [-0.2, 0) is 4.79 Å². The van der Waals surface area contributed by atoms with Gasteiger partial charge in [-0.2, -0.15) is 0 Å². The van der Waals surface area contributed by atoms with E-state index in [1.165, 1.54) is 16.3 Å². The summed E-state index contributed by atoms with van der Waals surface area (Å²) >= 11 is 0. The summed E-state index contributed by atoms with van der Waals surface area (Å²) in [4.78, 5) is 11.9. The third-order valence-electron chi connectivity index (χ3n) is 4.38. The van der Waals surface area contributed by atoms with Crippen LogP contribution < -0.4 is 10.6 Å². The van der Waals surface area contributed by atoms with Crippen molar-refractivity contribution in [2.45, 2.75) is 26.8 Å². The van der Waals surface area contributed by atoms with Gasteiger partial charge in [0, 0.05) is 19.1 Å². The van der Waals surface area contributed by atoms with E-state index in [1.54, 1.807) is 19.9 Å². The monoisotopic (exact) mass is 364 g/mol. The van der Waals surface area contributed by atoms with E-state index < -0.39 is 5.41 Å². The van der Waals surface area contributed by atoms with Gasteiger partial charge in [0.2, 0.25) is 5.91 Å². The number of hydrogen-bond acceptors (Lipinski definition) is 3. The maximum absolute atomic E-state index is 11.9. The Bertz CT molecular complexity index is 854. The topological polar surface area (TPSA) is 61.4 Å². The van der Waals surface area contributed by atoms with Crippen LogP contribution in [0.2, 0.25) is 0 Å². The molecule has 2 aromatic rings. The number of carbonyl (C=O) groups excluding carboxylic acids is 1. The van der Waals surface area contributed by atoms with Gasteiger partial charge in [-0.1, -0.05) is 60.4 Å². The summed E-state index contributed by atoms with van der Waals surface area (Å²) in [5.74, 6) is 5.71. The molecule has 0 saturated heterocycles. The smallest absolute Gasteiger partial charge is 0.237 e. The molecule has 0 aliphatic heterocycles. The van der Waals surface area contributed by atoms with Crippen LogP contribution in [0.25, 0.3) is 10.8 Å². The zero-order valence-corrected chi connectivity index (χ0v) is 16.3. The summed E-state index contributed by atoms with van der Waals surface area (Å²) in [6.07, 6.45) is 3.72. The number of hydrogen-bond donors (Lipinski definition) is 3. The quantitative estimate of drug-likeness (QED) is 0.661. The molecule has 0 unspecified atom stereocenters. The van der Waals surface area contributed by atoms with E-state index in [4.69, 9.17) is 5.11 Å². The molecule has 1 atom stereocenters. The molecular formula is C23H28N2O2. The fourth-order valence-electron chi connectivity index (χ4n) is 2.77. The van der Waals surface area contributed by atoms with E-state index in [9.17, 15) is 4.79 Å². The molecule has 0 saturated carbocycles. The van der Waals surface area contributed by atoms with Gasteiger partial charge in [0.05, 0.1) is 6.61 Å². The molecule has 0 aliphatic rings. The Hall–Kier alpha value is -2.61. The molecule has 4 heteroatoms. The largest absolute Gasteiger partial charge is 0.395 e. The average molecular weight is 364 g/mol. The van der Waals surface area contributed by atoms with Crippen LogP contribution in [-0.4, -0.2) is 30.7 Å². The first-order valence-corrected chi connectivity index (χ1v) is 9.23. The SMILES string of the molecule is C[C@@H](NCC=CC#CC(C)(C)C(=O)NCCO)c1cccc2ccccc12. The highest BCUT2D eigenvalue weighted by atomic mass is 16.3. The molecule has 4 nitrogen and oxygen atoms in total. The molecule has 0 spiro atoms. The summed E-state index contributed by atoms with van der Waals surface area (Å²) in [6.45, 7) is 6.54. The third-order valence-corrected chi connectivity index (χ3v) is 4.38. The standard InChI is InChI=1S/C23H28N2O2/c1-18(20-13-9-11-19-10-5-6-12-21(19)20)24-15-8-4-7-14-23(2,3)22(27)25-16-17-26/h4-6,8-13,18,24,26H,15-17H2,1-3H3,(H,25,27)/t18-/m1/s1. The molecule has 0 heterocycles. The fraction of sp³-hybridized carbons (Fsp3) is 0.348. The normalized spacial score (nSPS) is 12.6. The predicted octanol–water partition coefficient (Wildman–Crippen LogP) is 3.18. The van der Waals surface area contributed by atoms with Gasteiger partial charge in [0.1, 0.15) is 5.41 Å². The molecule has 0 bridgehead atoms. The van der Waals surface area contributed by atoms with E-state index in [-0.39, 0.29) is 25.1 Å². The Labute approximate surface area is 161 Å². The lowest BCUT2D eigenvalue weighted by Crippen LogP contribution is -2.37. The van der Waals surface area contributed by atoms with Gasteiger partial charge in [0.15, 0.2) is 0 Å². The molecule has 2 rings (SSSR count). The van der Waals surface area contributed by atoms with Gasteiger partial charge < -0.3 is 15.7 Å². The molecule has 0 fully saturated rings. The average Bonchev–Trinajstić information content (AvgIpc) is 2.67. The van der Waals surface area contributed by atoms with Crippen LogP contribution in [0.15, 0.2) is 54.6 Å². The zero-order valence-electron chi connectivity index (χ0n) is 16.3. The van der Waals surface area contributed by atoms with Crippen LogP contribution >= 0.6 is 0 Å². The summed E-state index contributed by atoms with van der Waals surface area (Å²) in [7, 11) is 0. The Kier molecular flexibility index (Phi) is 7.60. The van der Waals surface area contributed by atoms with Gasteiger partial charge in [-0.3, -0.25) is 4.79 Å². The van der Waals surface area contributed by atoms with Gasteiger partial charge in [-0.05, 0) is 43.2 Å². The second kappa shape index (κ2) is 9.91. The van der Waals surface area contributed by atoms with E-state index in [2.05, 4.69) is 71.9 Å². The molecule has 0 aromatic heterocycles. The Balaban J connectivity index is 1.90. The van der Waals surface area contributed by atoms with Crippen molar-refractivity contribution < 1.29 is 9.90 Å². The number of benzene rings is 2. The summed E-state index contributed by atoms with van der Waals surface area (Å²) in [5, 5.41) is 17.4. The molecular weight excluding hydrogens is 336 g/mol. The number of rotatable bonds is 7. The van der Waals surface area contributed by atoms with Crippen molar-refractivity contribution in [1.82, 2.24) is 10.6 Å². The van der Waals surface area contributed by atoms with Crippen molar-refractivity contribution in [2.75, 3.05) is 19.7 Å². The third kappa shape index (κ3) is 5.96. The van der Waals surface area contributed by atoms with Crippen LogP contribution in [0.4, 0.5) is 0 Å². The Morgan fingerprint density at radius 1 is 1.22 bits per heavy atom. The minimum absolute atomic E-state index is 0.0737. The molecule has 1 amide bonds. The summed E-state index contributed by atoms with van der Waals surface area (Å²) in [5.41, 5.74) is 0.484. The minimum Gasteiger partial charge on any atom is -0.395 e. The first kappa shape index (κ1) is 20.7. The van der Waals surface area contributed by atoms with Crippen molar-refractivity contribution in [3.8, 4) is 11.8 Å². The van der Waals surface area contributed by atoms with Crippen LogP contribution in [0, 0.1) is 17.3 Å². The highest BCUT2D eigenvalue weighted by Crippen LogP contribution is 2.23. The van der Waals surface area contributed by atoms with E-state index in [1.807, 2.05) is 6.08 Å². The molecule has 0 aliphatic carbocycles.